The van der Waals surface area contributed by atoms with Crippen LogP contribution in [0.25, 0.3) is 0 Å². The molecule has 3 rings (SSSR count). The van der Waals surface area contributed by atoms with Gasteiger partial charge in [-0.25, -0.2) is 9.78 Å². The minimum absolute atomic E-state index is 0.00982. The Balaban J connectivity index is 1.54. The predicted octanol–water partition coefficient (Wildman–Crippen LogP) is 1.72. The summed E-state index contributed by atoms with van der Waals surface area (Å²) in [5.74, 6) is 1.61. The Bertz CT molecular complexity index is 510. The molecule has 2 amide bonds. The molecular weight excluding hydrogens is 282 g/mol. The molecule has 1 aliphatic carbocycles. The van der Waals surface area contributed by atoms with E-state index in [-0.39, 0.29) is 6.03 Å². The number of amides is 2. The fourth-order valence-corrected chi connectivity index (χ4v) is 3.71. The number of aromatic nitrogens is 3. The van der Waals surface area contributed by atoms with Gasteiger partial charge in [-0.1, -0.05) is 12.8 Å². The van der Waals surface area contributed by atoms with Crippen LogP contribution in [0.2, 0.25) is 0 Å². The number of carbonyl (C=O) groups excluding carboxylic acids is 1. The molecule has 1 aromatic heterocycles. The monoisotopic (exact) mass is 307 g/mol. The van der Waals surface area contributed by atoms with E-state index in [1.54, 1.807) is 6.92 Å². The maximum absolute atomic E-state index is 12.4. The van der Waals surface area contributed by atoms with Gasteiger partial charge in [0.2, 0.25) is 0 Å². The second-order valence-electron chi connectivity index (χ2n) is 6.42. The lowest BCUT2D eigenvalue weighted by Crippen LogP contribution is -2.45. The number of aromatic amines is 1. The van der Waals surface area contributed by atoms with Gasteiger partial charge in [-0.3, -0.25) is 5.10 Å². The minimum Gasteiger partial charge on any atom is -0.385 e. The van der Waals surface area contributed by atoms with Gasteiger partial charge in [0.25, 0.3) is 0 Å². The Morgan fingerprint density at radius 1 is 1.41 bits per heavy atom. The summed E-state index contributed by atoms with van der Waals surface area (Å²) in [5, 5.41) is 19.0. The third-order valence-electron chi connectivity index (χ3n) is 4.83. The van der Waals surface area contributed by atoms with E-state index in [0.29, 0.717) is 30.2 Å². The molecule has 2 fully saturated rings. The zero-order valence-electron chi connectivity index (χ0n) is 13.1. The summed E-state index contributed by atoms with van der Waals surface area (Å²) in [6.07, 6.45) is 6.65. The maximum atomic E-state index is 12.4. The summed E-state index contributed by atoms with van der Waals surface area (Å²) in [7, 11) is 0. The normalized spacial score (nSPS) is 23.9. The molecule has 7 nitrogen and oxygen atoms in total. The number of rotatable bonds is 4. The first-order valence-corrected chi connectivity index (χ1v) is 8.29. The number of likely N-dealkylation sites (tertiary alicyclic amines) is 1. The minimum atomic E-state index is -0.703. The van der Waals surface area contributed by atoms with E-state index in [2.05, 4.69) is 20.5 Å². The van der Waals surface area contributed by atoms with Gasteiger partial charge < -0.3 is 15.3 Å². The number of aliphatic hydroxyl groups excluding tert-OH is 1. The van der Waals surface area contributed by atoms with E-state index in [4.69, 9.17) is 0 Å². The molecule has 0 bridgehead atoms. The summed E-state index contributed by atoms with van der Waals surface area (Å²) in [5.41, 5.74) is 0. The highest BCUT2D eigenvalue weighted by atomic mass is 16.3. The molecule has 1 saturated heterocycles. The average Bonchev–Trinajstić information content (AvgIpc) is 3.23. The highest BCUT2D eigenvalue weighted by Gasteiger charge is 2.35. The maximum Gasteiger partial charge on any atom is 0.318 e. The Hall–Kier alpha value is -1.63. The molecule has 1 saturated carbocycles. The van der Waals surface area contributed by atoms with Crippen LogP contribution in [0.4, 0.5) is 4.79 Å². The molecule has 7 heteroatoms. The quantitative estimate of drug-likeness (QED) is 0.789. The molecule has 2 atom stereocenters. The van der Waals surface area contributed by atoms with Gasteiger partial charge in [-0.15, -0.1) is 0 Å². The number of H-pyrrole nitrogens is 1. The van der Waals surface area contributed by atoms with Crippen LogP contribution < -0.4 is 5.32 Å². The molecule has 0 aromatic carbocycles. The van der Waals surface area contributed by atoms with E-state index < -0.39 is 6.10 Å². The first-order chi connectivity index (χ1) is 10.6. The topological polar surface area (TPSA) is 94.1 Å². The molecule has 0 radical (unpaired) electrons. The predicted molar refractivity (Wildman–Crippen MR) is 80.9 cm³/mol. The van der Waals surface area contributed by atoms with Crippen LogP contribution in [0.1, 0.15) is 63.2 Å². The van der Waals surface area contributed by atoms with Crippen molar-refractivity contribution < 1.29 is 9.90 Å². The summed E-state index contributed by atoms with van der Waals surface area (Å²) in [6, 6.07) is 0.398. The van der Waals surface area contributed by atoms with Crippen LogP contribution in [-0.4, -0.2) is 43.8 Å². The number of nitrogens with one attached hydrogen (secondary N) is 2. The Kier molecular flexibility index (Phi) is 4.61. The van der Waals surface area contributed by atoms with Gasteiger partial charge in [0, 0.05) is 12.6 Å². The van der Waals surface area contributed by atoms with Crippen LogP contribution in [0, 0.1) is 5.92 Å². The van der Waals surface area contributed by atoms with Crippen molar-refractivity contribution in [2.45, 2.75) is 64.1 Å². The number of carbonyl (C=O) groups is 1. The number of nitrogens with zero attached hydrogens (tertiary/aromatic N) is 3. The highest BCUT2D eigenvalue weighted by Crippen LogP contribution is 2.35. The molecule has 2 heterocycles. The van der Waals surface area contributed by atoms with Gasteiger partial charge in [-0.05, 0) is 38.5 Å². The lowest BCUT2D eigenvalue weighted by Gasteiger charge is -2.29. The first-order valence-electron chi connectivity index (χ1n) is 8.29. The van der Waals surface area contributed by atoms with E-state index in [1.165, 1.54) is 25.7 Å². The highest BCUT2D eigenvalue weighted by molar-refractivity contribution is 5.74. The Morgan fingerprint density at radius 3 is 2.86 bits per heavy atom. The molecule has 122 valence electrons. The summed E-state index contributed by atoms with van der Waals surface area (Å²) in [4.78, 5) is 18.6. The molecule has 0 spiro atoms. The second kappa shape index (κ2) is 6.64. The van der Waals surface area contributed by atoms with Gasteiger partial charge in [0.1, 0.15) is 11.9 Å². The van der Waals surface area contributed by atoms with Crippen molar-refractivity contribution in [2.75, 3.05) is 6.54 Å². The Labute approximate surface area is 130 Å². The van der Waals surface area contributed by atoms with Crippen molar-refractivity contribution in [2.24, 2.45) is 5.92 Å². The van der Waals surface area contributed by atoms with Gasteiger partial charge >= 0.3 is 6.03 Å². The zero-order chi connectivity index (χ0) is 15.5. The van der Waals surface area contributed by atoms with E-state index in [1.807, 2.05) is 4.90 Å². The van der Waals surface area contributed by atoms with E-state index in [0.717, 1.165) is 19.4 Å². The lowest BCUT2D eigenvalue weighted by atomic mass is 9.96. The summed E-state index contributed by atoms with van der Waals surface area (Å²) in [6.45, 7) is 2.77. The van der Waals surface area contributed by atoms with Crippen molar-refractivity contribution in [1.29, 1.82) is 0 Å². The summed E-state index contributed by atoms with van der Waals surface area (Å²) < 4.78 is 0. The smallest absolute Gasteiger partial charge is 0.318 e. The van der Waals surface area contributed by atoms with Crippen molar-refractivity contribution in [1.82, 2.24) is 25.4 Å². The van der Waals surface area contributed by atoms with Crippen molar-refractivity contribution in [3.63, 3.8) is 0 Å². The molecule has 1 unspecified atom stereocenters. The molecule has 3 N–H and O–H groups in total. The fraction of sp³-hybridized carbons (Fsp3) is 0.800. The number of urea groups is 1. The zero-order valence-corrected chi connectivity index (χ0v) is 13.1. The SMILES string of the molecule is C[C@@H](O)c1n[nH]c(CNC(=O)N2CCCC2C2CCCC2)n1. The van der Waals surface area contributed by atoms with Crippen LogP contribution >= 0.6 is 0 Å². The molecule has 1 aliphatic heterocycles. The van der Waals surface area contributed by atoms with Crippen LogP contribution in [-0.2, 0) is 6.54 Å². The van der Waals surface area contributed by atoms with Gasteiger partial charge in [-0.2, -0.15) is 5.10 Å². The van der Waals surface area contributed by atoms with E-state index >= 15 is 0 Å². The largest absolute Gasteiger partial charge is 0.385 e. The fourth-order valence-electron chi connectivity index (χ4n) is 3.71. The molecule has 1 aromatic rings. The van der Waals surface area contributed by atoms with Crippen molar-refractivity contribution >= 4 is 6.03 Å². The third-order valence-corrected chi connectivity index (χ3v) is 4.83. The lowest BCUT2D eigenvalue weighted by molar-refractivity contribution is 0.172. The number of hydrogen-bond donors (Lipinski definition) is 3. The number of aliphatic hydroxyl groups is 1. The second-order valence-corrected chi connectivity index (χ2v) is 6.42. The van der Waals surface area contributed by atoms with Gasteiger partial charge in [0.15, 0.2) is 5.82 Å². The number of hydrogen-bond acceptors (Lipinski definition) is 4. The van der Waals surface area contributed by atoms with Crippen LogP contribution in [0.15, 0.2) is 0 Å². The molecule has 2 aliphatic rings. The van der Waals surface area contributed by atoms with Gasteiger partial charge in [0.05, 0.1) is 6.54 Å². The van der Waals surface area contributed by atoms with Crippen LogP contribution in [0.3, 0.4) is 0 Å². The van der Waals surface area contributed by atoms with Crippen molar-refractivity contribution in [3.8, 4) is 0 Å². The summed E-state index contributed by atoms with van der Waals surface area (Å²) >= 11 is 0. The average molecular weight is 307 g/mol. The standard InChI is InChI=1S/C15H25N5O2/c1-10(21)14-17-13(18-19-14)9-16-15(22)20-8-4-7-12(20)11-5-2-3-6-11/h10-12,21H,2-9H2,1H3,(H,16,22)(H,17,18,19)/t10-,12?/m1/s1. The van der Waals surface area contributed by atoms with E-state index in [9.17, 15) is 9.90 Å². The Morgan fingerprint density at radius 2 is 2.18 bits per heavy atom. The third kappa shape index (κ3) is 3.24. The van der Waals surface area contributed by atoms with Crippen molar-refractivity contribution in [3.05, 3.63) is 11.6 Å². The van der Waals surface area contributed by atoms with Crippen LogP contribution in [0.5, 0.6) is 0 Å². The molecule has 22 heavy (non-hydrogen) atoms. The first kappa shape index (κ1) is 15.3. The molecular formula is C15H25N5O2.